The molecule has 4 nitrogen and oxygen atoms in total. The molecule has 5 heteroatoms. The Morgan fingerprint density at radius 1 is 1.23 bits per heavy atom. The predicted molar refractivity (Wildman–Crippen MR) is 101 cm³/mol. The topological polar surface area (TPSA) is 39.7 Å². The van der Waals surface area contributed by atoms with Crippen molar-refractivity contribution in [1.29, 1.82) is 0 Å². The number of aliphatic imine (C=N–C) groups is 1. The van der Waals surface area contributed by atoms with Crippen molar-refractivity contribution < 1.29 is 0 Å². The van der Waals surface area contributed by atoms with Crippen LogP contribution < -0.4 is 15.5 Å². The summed E-state index contributed by atoms with van der Waals surface area (Å²) < 4.78 is 0. The molecule has 0 bridgehead atoms. The third-order valence-electron chi connectivity index (χ3n) is 3.58. The number of thioether (sulfide) groups is 1. The van der Waals surface area contributed by atoms with Gasteiger partial charge < -0.3 is 15.5 Å². The van der Waals surface area contributed by atoms with Gasteiger partial charge in [0.2, 0.25) is 0 Å². The number of nitrogens with one attached hydrogen (secondary N) is 2. The molecule has 0 aliphatic heterocycles. The van der Waals surface area contributed by atoms with Crippen molar-refractivity contribution in [2.45, 2.75) is 26.3 Å². The average Bonchev–Trinajstić information content (AvgIpc) is 2.51. The standard InChI is InChI=1S/C17H30N4S/c1-14-12-16(21(3)4)9-8-15(14)13-20-17(18-2)19-10-6-7-11-22-5/h8-9,12H,6-7,10-11,13H2,1-5H3,(H2,18,19,20). The minimum Gasteiger partial charge on any atom is -0.378 e. The zero-order chi connectivity index (χ0) is 16.4. The van der Waals surface area contributed by atoms with Gasteiger partial charge in [0.15, 0.2) is 5.96 Å². The first kappa shape index (κ1) is 18.7. The normalized spacial score (nSPS) is 11.4. The van der Waals surface area contributed by atoms with E-state index in [0.29, 0.717) is 0 Å². The van der Waals surface area contributed by atoms with Gasteiger partial charge in [0.25, 0.3) is 0 Å². The average molecular weight is 323 g/mol. The molecule has 0 amide bonds. The largest absolute Gasteiger partial charge is 0.378 e. The zero-order valence-corrected chi connectivity index (χ0v) is 15.4. The highest BCUT2D eigenvalue weighted by atomic mass is 32.2. The Balaban J connectivity index is 2.43. The van der Waals surface area contributed by atoms with Crippen LogP contribution in [0, 0.1) is 6.92 Å². The number of hydrogen-bond donors (Lipinski definition) is 2. The highest BCUT2D eigenvalue weighted by molar-refractivity contribution is 7.98. The Kier molecular flexibility index (Phi) is 8.82. The fourth-order valence-corrected chi connectivity index (χ4v) is 2.63. The molecule has 0 radical (unpaired) electrons. The maximum absolute atomic E-state index is 4.28. The first-order chi connectivity index (χ1) is 10.6. The van der Waals surface area contributed by atoms with Crippen molar-refractivity contribution in [1.82, 2.24) is 10.6 Å². The second-order valence-electron chi connectivity index (χ2n) is 5.56. The minimum atomic E-state index is 0.796. The highest BCUT2D eigenvalue weighted by Crippen LogP contribution is 2.17. The van der Waals surface area contributed by atoms with E-state index >= 15 is 0 Å². The van der Waals surface area contributed by atoms with E-state index in [2.05, 4.69) is 66.0 Å². The molecule has 0 saturated heterocycles. The molecule has 1 aromatic rings. The maximum atomic E-state index is 4.28. The number of hydrogen-bond acceptors (Lipinski definition) is 3. The molecule has 0 fully saturated rings. The van der Waals surface area contributed by atoms with Crippen LogP contribution in [0.25, 0.3) is 0 Å². The Morgan fingerprint density at radius 2 is 2.00 bits per heavy atom. The smallest absolute Gasteiger partial charge is 0.191 e. The summed E-state index contributed by atoms with van der Waals surface area (Å²) in [7, 11) is 5.95. The Morgan fingerprint density at radius 3 is 2.59 bits per heavy atom. The van der Waals surface area contributed by atoms with E-state index in [-0.39, 0.29) is 0 Å². The Labute approximate surface area is 139 Å². The zero-order valence-electron chi connectivity index (χ0n) is 14.6. The van der Waals surface area contributed by atoms with Crippen molar-refractivity contribution in [3.8, 4) is 0 Å². The van der Waals surface area contributed by atoms with Gasteiger partial charge in [-0.2, -0.15) is 11.8 Å². The van der Waals surface area contributed by atoms with Gasteiger partial charge in [-0.05, 0) is 55.0 Å². The summed E-state index contributed by atoms with van der Waals surface area (Å²) in [6.45, 7) is 3.92. The molecule has 1 rings (SSSR count). The third-order valence-corrected chi connectivity index (χ3v) is 4.28. The Bertz CT molecular complexity index is 472. The lowest BCUT2D eigenvalue weighted by atomic mass is 10.1. The summed E-state index contributed by atoms with van der Waals surface area (Å²) in [6, 6.07) is 6.56. The van der Waals surface area contributed by atoms with Crippen molar-refractivity contribution in [2.24, 2.45) is 4.99 Å². The molecule has 0 spiro atoms. The van der Waals surface area contributed by atoms with Gasteiger partial charge in [0.1, 0.15) is 0 Å². The van der Waals surface area contributed by atoms with E-state index in [1.54, 1.807) is 0 Å². The first-order valence-corrected chi connectivity index (χ1v) is 9.18. The van der Waals surface area contributed by atoms with Crippen LogP contribution in [0.3, 0.4) is 0 Å². The molecule has 0 aliphatic carbocycles. The molecule has 0 saturated carbocycles. The summed E-state index contributed by atoms with van der Waals surface area (Å²) in [5, 5.41) is 6.76. The van der Waals surface area contributed by atoms with Crippen LogP contribution in [-0.4, -0.2) is 45.7 Å². The molecule has 0 heterocycles. The number of nitrogens with zero attached hydrogens (tertiary/aromatic N) is 2. The summed E-state index contributed by atoms with van der Waals surface area (Å²) in [5.74, 6) is 2.10. The predicted octanol–water partition coefficient (Wildman–Crippen LogP) is 2.87. The van der Waals surface area contributed by atoms with E-state index in [1.807, 2.05) is 18.8 Å². The van der Waals surface area contributed by atoms with Gasteiger partial charge in [-0.15, -0.1) is 0 Å². The van der Waals surface area contributed by atoms with Crippen molar-refractivity contribution in [3.05, 3.63) is 29.3 Å². The SMILES string of the molecule is CN=C(NCCCCSC)NCc1ccc(N(C)C)cc1C. The molecule has 2 N–H and O–H groups in total. The lowest BCUT2D eigenvalue weighted by Gasteiger charge is -2.16. The second kappa shape index (κ2) is 10.4. The molecular weight excluding hydrogens is 292 g/mol. The van der Waals surface area contributed by atoms with Crippen LogP contribution in [0.4, 0.5) is 5.69 Å². The van der Waals surface area contributed by atoms with Gasteiger partial charge in [-0.25, -0.2) is 0 Å². The third kappa shape index (κ3) is 6.60. The summed E-state index contributed by atoms with van der Waals surface area (Å²) in [5.41, 5.74) is 3.84. The summed E-state index contributed by atoms with van der Waals surface area (Å²) in [6.07, 6.45) is 4.58. The van der Waals surface area contributed by atoms with Crippen LogP contribution in [0.2, 0.25) is 0 Å². The second-order valence-corrected chi connectivity index (χ2v) is 6.54. The fraction of sp³-hybridized carbons (Fsp3) is 0.588. The van der Waals surface area contributed by atoms with E-state index in [4.69, 9.17) is 0 Å². The van der Waals surface area contributed by atoms with Crippen LogP contribution in [0.15, 0.2) is 23.2 Å². The van der Waals surface area contributed by atoms with Crippen molar-refractivity contribution in [2.75, 3.05) is 44.6 Å². The Hall–Kier alpha value is -1.36. The van der Waals surface area contributed by atoms with Crippen LogP contribution in [0.1, 0.15) is 24.0 Å². The van der Waals surface area contributed by atoms with Crippen LogP contribution >= 0.6 is 11.8 Å². The number of benzene rings is 1. The quantitative estimate of drug-likeness (QED) is 0.439. The number of unbranched alkanes of at least 4 members (excludes halogenated alkanes) is 1. The van der Waals surface area contributed by atoms with Gasteiger partial charge in [-0.1, -0.05) is 6.07 Å². The van der Waals surface area contributed by atoms with Gasteiger partial charge in [0.05, 0.1) is 0 Å². The lowest BCUT2D eigenvalue weighted by molar-refractivity contribution is 0.732. The molecule has 0 atom stereocenters. The van der Waals surface area contributed by atoms with E-state index in [0.717, 1.165) is 19.0 Å². The van der Waals surface area contributed by atoms with Crippen LogP contribution in [-0.2, 0) is 6.54 Å². The van der Waals surface area contributed by atoms with E-state index in [1.165, 1.54) is 35.4 Å². The summed E-state index contributed by atoms with van der Waals surface area (Å²) >= 11 is 1.90. The molecule has 1 aromatic carbocycles. The van der Waals surface area contributed by atoms with E-state index < -0.39 is 0 Å². The lowest BCUT2D eigenvalue weighted by Crippen LogP contribution is -2.37. The highest BCUT2D eigenvalue weighted by Gasteiger charge is 2.03. The monoisotopic (exact) mass is 322 g/mol. The molecule has 0 aliphatic rings. The summed E-state index contributed by atoms with van der Waals surface area (Å²) in [4.78, 5) is 6.40. The van der Waals surface area contributed by atoms with Crippen LogP contribution in [0.5, 0.6) is 0 Å². The van der Waals surface area contributed by atoms with Gasteiger partial charge in [0, 0.05) is 39.9 Å². The fourth-order valence-electron chi connectivity index (χ4n) is 2.13. The maximum Gasteiger partial charge on any atom is 0.191 e. The molecule has 22 heavy (non-hydrogen) atoms. The van der Waals surface area contributed by atoms with Crippen molar-refractivity contribution in [3.63, 3.8) is 0 Å². The first-order valence-electron chi connectivity index (χ1n) is 7.78. The number of guanidine groups is 1. The minimum absolute atomic E-state index is 0.796. The molecule has 0 aromatic heterocycles. The van der Waals surface area contributed by atoms with E-state index in [9.17, 15) is 0 Å². The number of aryl methyl sites for hydroxylation is 1. The molecule has 124 valence electrons. The number of rotatable bonds is 8. The molecule has 0 unspecified atom stereocenters. The number of anilines is 1. The van der Waals surface area contributed by atoms with Crippen molar-refractivity contribution >= 4 is 23.4 Å². The van der Waals surface area contributed by atoms with Gasteiger partial charge in [-0.3, -0.25) is 4.99 Å². The van der Waals surface area contributed by atoms with Gasteiger partial charge >= 0.3 is 0 Å². The molecular formula is C17H30N4S.